The van der Waals surface area contributed by atoms with Crippen LogP contribution < -0.4 is 11.1 Å². The van der Waals surface area contributed by atoms with Gasteiger partial charge in [-0.2, -0.15) is 11.8 Å². The minimum atomic E-state index is -0.572. The fourth-order valence-corrected chi connectivity index (χ4v) is 2.03. The maximum absolute atomic E-state index is 13.0. The lowest BCUT2D eigenvalue weighted by atomic mass is 10.2. The Morgan fingerprint density at radius 1 is 1.65 bits per heavy atom. The largest absolute Gasteiger partial charge is 0.324 e. The van der Waals surface area contributed by atoms with E-state index >= 15 is 0 Å². The van der Waals surface area contributed by atoms with E-state index in [1.165, 1.54) is 12.1 Å². The number of amides is 1. The van der Waals surface area contributed by atoms with Gasteiger partial charge in [-0.05, 0) is 52.6 Å². The fourth-order valence-electron chi connectivity index (χ4n) is 1.19. The average molecular weight is 321 g/mol. The molecule has 1 atom stereocenters. The van der Waals surface area contributed by atoms with Crippen molar-refractivity contribution in [2.45, 2.75) is 12.5 Å². The predicted octanol–water partition coefficient (Wildman–Crippen LogP) is 2.61. The number of hydrogen-bond acceptors (Lipinski definition) is 3. The molecule has 0 saturated carbocycles. The fraction of sp³-hybridized carbons (Fsp3) is 0.364. The number of halogens is 2. The molecule has 3 N–H and O–H groups in total. The van der Waals surface area contributed by atoms with E-state index in [4.69, 9.17) is 5.73 Å². The Morgan fingerprint density at radius 3 is 3.00 bits per heavy atom. The third-order valence-electron chi connectivity index (χ3n) is 2.16. The number of hydrogen-bond donors (Lipinski definition) is 2. The Hall–Kier alpha value is -0.590. The Kier molecular flexibility index (Phi) is 5.94. The summed E-state index contributed by atoms with van der Waals surface area (Å²) in [5.74, 6) is 0.116. The van der Waals surface area contributed by atoms with Crippen LogP contribution >= 0.6 is 27.7 Å². The second-order valence-corrected chi connectivity index (χ2v) is 5.34. The summed E-state index contributed by atoms with van der Waals surface area (Å²) in [6, 6.07) is 3.53. The molecule has 0 aromatic heterocycles. The topological polar surface area (TPSA) is 55.1 Å². The van der Waals surface area contributed by atoms with Gasteiger partial charge in [-0.25, -0.2) is 4.39 Å². The highest BCUT2D eigenvalue weighted by atomic mass is 79.9. The molecule has 0 aliphatic rings. The molecule has 6 heteroatoms. The highest BCUT2D eigenvalue weighted by Crippen LogP contribution is 2.23. The minimum Gasteiger partial charge on any atom is -0.324 e. The van der Waals surface area contributed by atoms with Crippen LogP contribution in [0.3, 0.4) is 0 Å². The molecule has 1 amide bonds. The first-order valence-electron chi connectivity index (χ1n) is 5.05. The van der Waals surface area contributed by atoms with Crippen LogP contribution in [0, 0.1) is 5.82 Å². The third-order valence-corrected chi connectivity index (χ3v) is 3.49. The Balaban J connectivity index is 2.64. The second kappa shape index (κ2) is 6.98. The van der Waals surface area contributed by atoms with Crippen molar-refractivity contribution in [2.75, 3.05) is 17.3 Å². The lowest BCUT2D eigenvalue weighted by Gasteiger charge is -2.12. The van der Waals surface area contributed by atoms with Crippen LogP contribution in [0.1, 0.15) is 6.42 Å². The van der Waals surface area contributed by atoms with Crippen molar-refractivity contribution < 1.29 is 9.18 Å². The number of rotatable bonds is 5. The summed E-state index contributed by atoms with van der Waals surface area (Å²) in [5.41, 5.74) is 6.10. The van der Waals surface area contributed by atoms with Crippen molar-refractivity contribution in [3.63, 3.8) is 0 Å². The lowest BCUT2D eigenvalue weighted by Crippen LogP contribution is -2.36. The van der Waals surface area contributed by atoms with E-state index in [0.717, 1.165) is 5.75 Å². The molecule has 0 bridgehead atoms. The Bertz CT molecular complexity index is 403. The highest BCUT2D eigenvalue weighted by Gasteiger charge is 2.14. The van der Waals surface area contributed by atoms with Gasteiger partial charge in [-0.15, -0.1) is 0 Å². The summed E-state index contributed by atoms with van der Waals surface area (Å²) in [6.45, 7) is 0. The highest BCUT2D eigenvalue weighted by molar-refractivity contribution is 9.10. The molecule has 0 fully saturated rings. The monoisotopic (exact) mass is 320 g/mol. The number of anilines is 1. The molecule has 3 nitrogen and oxygen atoms in total. The number of thioether (sulfide) groups is 1. The number of nitrogens with two attached hydrogens (primary N) is 1. The van der Waals surface area contributed by atoms with Crippen LogP contribution in [0.15, 0.2) is 22.7 Å². The van der Waals surface area contributed by atoms with E-state index in [9.17, 15) is 9.18 Å². The molecule has 0 aliphatic carbocycles. The van der Waals surface area contributed by atoms with E-state index in [2.05, 4.69) is 21.2 Å². The lowest BCUT2D eigenvalue weighted by molar-refractivity contribution is -0.117. The van der Waals surface area contributed by atoms with Crippen molar-refractivity contribution in [2.24, 2.45) is 5.73 Å². The van der Waals surface area contributed by atoms with E-state index < -0.39 is 11.9 Å². The first-order chi connectivity index (χ1) is 8.04. The Morgan fingerprint density at radius 2 is 2.35 bits per heavy atom. The number of carbonyl (C=O) groups excluding carboxylic acids is 1. The quantitative estimate of drug-likeness (QED) is 0.876. The molecule has 17 heavy (non-hydrogen) atoms. The molecule has 0 aliphatic heterocycles. The summed E-state index contributed by atoms with van der Waals surface area (Å²) in [5, 5.41) is 2.60. The third kappa shape index (κ3) is 4.65. The molecule has 0 unspecified atom stereocenters. The predicted molar refractivity (Wildman–Crippen MR) is 73.7 cm³/mol. The number of benzene rings is 1. The smallest absolute Gasteiger partial charge is 0.241 e. The molecular weight excluding hydrogens is 307 g/mol. The van der Waals surface area contributed by atoms with Gasteiger partial charge in [0, 0.05) is 4.47 Å². The molecule has 0 spiro atoms. The number of carbonyl (C=O) groups is 1. The van der Waals surface area contributed by atoms with E-state index in [-0.39, 0.29) is 5.91 Å². The van der Waals surface area contributed by atoms with Crippen LogP contribution in [0.25, 0.3) is 0 Å². The van der Waals surface area contributed by atoms with Gasteiger partial charge in [0.25, 0.3) is 0 Å². The zero-order valence-electron chi connectivity index (χ0n) is 9.37. The maximum atomic E-state index is 13.0. The van der Waals surface area contributed by atoms with E-state index in [1.807, 2.05) is 6.26 Å². The molecule has 1 rings (SSSR count). The van der Waals surface area contributed by atoms with Crippen LogP contribution in [-0.2, 0) is 4.79 Å². The first kappa shape index (κ1) is 14.5. The van der Waals surface area contributed by atoms with Crippen molar-refractivity contribution in [1.29, 1.82) is 0 Å². The molecular formula is C11H14BrFN2OS. The van der Waals surface area contributed by atoms with Crippen LogP contribution in [0.2, 0.25) is 0 Å². The first-order valence-corrected chi connectivity index (χ1v) is 7.23. The normalized spacial score (nSPS) is 12.2. The zero-order valence-corrected chi connectivity index (χ0v) is 11.8. The molecule has 1 aromatic rings. The van der Waals surface area contributed by atoms with Crippen molar-refractivity contribution in [3.8, 4) is 0 Å². The van der Waals surface area contributed by atoms with Gasteiger partial charge in [-0.1, -0.05) is 0 Å². The van der Waals surface area contributed by atoms with Gasteiger partial charge in [0.15, 0.2) is 0 Å². The van der Waals surface area contributed by atoms with Gasteiger partial charge in [0.05, 0.1) is 11.7 Å². The number of nitrogens with one attached hydrogen (secondary N) is 1. The molecule has 94 valence electrons. The van der Waals surface area contributed by atoms with Gasteiger partial charge in [0.1, 0.15) is 5.82 Å². The van der Waals surface area contributed by atoms with Crippen LogP contribution in [0.4, 0.5) is 10.1 Å². The summed E-state index contributed by atoms with van der Waals surface area (Å²) < 4.78 is 13.6. The van der Waals surface area contributed by atoms with Gasteiger partial charge in [-0.3, -0.25) is 4.79 Å². The molecule has 0 saturated heterocycles. The van der Waals surface area contributed by atoms with Crippen molar-refractivity contribution in [1.82, 2.24) is 0 Å². The molecule has 0 radical (unpaired) electrons. The van der Waals surface area contributed by atoms with Crippen molar-refractivity contribution >= 4 is 39.3 Å². The van der Waals surface area contributed by atoms with Crippen LogP contribution in [-0.4, -0.2) is 24.0 Å². The van der Waals surface area contributed by atoms with Crippen LogP contribution in [0.5, 0.6) is 0 Å². The summed E-state index contributed by atoms with van der Waals surface area (Å²) in [6.07, 6.45) is 2.55. The molecule has 0 heterocycles. The van der Waals surface area contributed by atoms with Gasteiger partial charge < -0.3 is 11.1 Å². The summed E-state index contributed by atoms with van der Waals surface area (Å²) in [4.78, 5) is 11.7. The minimum absolute atomic E-state index is 0.301. The van der Waals surface area contributed by atoms with Crippen molar-refractivity contribution in [3.05, 3.63) is 28.5 Å². The van der Waals surface area contributed by atoms with Gasteiger partial charge in [0.2, 0.25) is 5.91 Å². The Labute approximate surface area is 112 Å². The second-order valence-electron chi connectivity index (χ2n) is 3.50. The molecule has 1 aromatic carbocycles. The SMILES string of the molecule is CSCC[C@H](N)C(=O)Nc1cc(F)ccc1Br. The van der Waals surface area contributed by atoms with Gasteiger partial charge >= 0.3 is 0 Å². The van der Waals surface area contributed by atoms with E-state index in [0.29, 0.717) is 16.6 Å². The van der Waals surface area contributed by atoms with E-state index in [1.54, 1.807) is 17.8 Å². The summed E-state index contributed by atoms with van der Waals surface area (Å²) >= 11 is 4.86. The standard InChI is InChI=1S/C11H14BrFN2OS/c1-17-5-4-9(14)11(16)15-10-6-7(13)2-3-8(10)12/h2-3,6,9H,4-5,14H2,1H3,(H,15,16)/t9-/m0/s1. The average Bonchev–Trinajstić information content (AvgIpc) is 2.30. The summed E-state index contributed by atoms with van der Waals surface area (Å²) in [7, 11) is 0. The zero-order chi connectivity index (χ0) is 12.8. The maximum Gasteiger partial charge on any atom is 0.241 e.